The third kappa shape index (κ3) is 3.67. The maximum atomic E-state index is 13.2. The zero-order valence-corrected chi connectivity index (χ0v) is 16.4. The summed E-state index contributed by atoms with van der Waals surface area (Å²) in [4.78, 5) is 30.2. The average molecular weight is 400 g/mol. The molecule has 2 aromatic heterocycles. The second kappa shape index (κ2) is 8.21. The molecule has 30 heavy (non-hydrogen) atoms. The van der Waals surface area contributed by atoms with Gasteiger partial charge in [0.05, 0.1) is 30.1 Å². The fourth-order valence-electron chi connectivity index (χ4n) is 3.37. The van der Waals surface area contributed by atoms with Crippen molar-refractivity contribution in [2.24, 2.45) is 0 Å². The quantitative estimate of drug-likeness (QED) is 0.512. The predicted octanol–water partition coefficient (Wildman–Crippen LogP) is 3.99. The summed E-state index contributed by atoms with van der Waals surface area (Å²) in [6.45, 7) is 1.96. The fourth-order valence-corrected chi connectivity index (χ4v) is 3.37. The van der Waals surface area contributed by atoms with E-state index in [-0.39, 0.29) is 18.7 Å². The first-order chi connectivity index (χ1) is 14.6. The van der Waals surface area contributed by atoms with Crippen LogP contribution in [0.1, 0.15) is 22.8 Å². The molecule has 6 nitrogen and oxygen atoms in total. The molecule has 0 aliphatic heterocycles. The van der Waals surface area contributed by atoms with Gasteiger partial charge in [-0.15, -0.1) is 0 Å². The van der Waals surface area contributed by atoms with Crippen LogP contribution in [-0.2, 0) is 11.3 Å². The Labute approximate surface area is 173 Å². The van der Waals surface area contributed by atoms with E-state index < -0.39 is 17.3 Å². The largest absolute Gasteiger partial charge is 0.507 e. The number of aromatic nitrogens is 2. The molecule has 0 aliphatic carbocycles. The number of ether oxygens (including phenoxy) is 1. The van der Waals surface area contributed by atoms with Gasteiger partial charge in [-0.2, -0.15) is 0 Å². The number of aromatic hydroxyl groups is 1. The maximum Gasteiger partial charge on any atom is 0.347 e. The summed E-state index contributed by atoms with van der Waals surface area (Å²) in [5.74, 6) is -1.27. The van der Waals surface area contributed by atoms with Crippen LogP contribution in [0.2, 0.25) is 0 Å². The van der Waals surface area contributed by atoms with Gasteiger partial charge in [-0.1, -0.05) is 54.6 Å². The number of carbonyl (C=O) groups is 1. The number of hydrogen-bond donors (Lipinski definition) is 1. The molecule has 0 spiro atoms. The average Bonchev–Trinajstić information content (AvgIpc) is 2.76. The Hall–Kier alpha value is -3.93. The maximum absolute atomic E-state index is 13.2. The van der Waals surface area contributed by atoms with E-state index in [4.69, 9.17) is 4.74 Å². The molecule has 0 amide bonds. The first-order valence-electron chi connectivity index (χ1n) is 9.62. The summed E-state index contributed by atoms with van der Waals surface area (Å²) in [6, 6.07) is 22.2. The molecule has 0 radical (unpaired) electrons. The number of rotatable bonds is 5. The van der Waals surface area contributed by atoms with Gasteiger partial charge in [0.1, 0.15) is 5.75 Å². The van der Waals surface area contributed by atoms with Crippen LogP contribution < -0.4 is 5.56 Å². The van der Waals surface area contributed by atoms with Crippen molar-refractivity contribution in [1.82, 2.24) is 9.55 Å². The monoisotopic (exact) mass is 400 g/mol. The Morgan fingerprint density at radius 3 is 2.53 bits per heavy atom. The molecule has 1 N–H and O–H groups in total. The van der Waals surface area contributed by atoms with E-state index in [2.05, 4.69) is 4.98 Å². The van der Waals surface area contributed by atoms with Crippen LogP contribution in [0.25, 0.3) is 22.3 Å². The number of benzene rings is 2. The highest BCUT2D eigenvalue weighted by Crippen LogP contribution is 2.26. The second-order valence-electron chi connectivity index (χ2n) is 6.78. The van der Waals surface area contributed by atoms with Gasteiger partial charge >= 0.3 is 5.97 Å². The van der Waals surface area contributed by atoms with Crippen LogP contribution in [0.5, 0.6) is 5.75 Å². The van der Waals surface area contributed by atoms with Gasteiger partial charge in [0.25, 0.3) is 5.56 Å². The van der Waals surface area contributed by atoms with Crippen LogP contribution in [0, 0.1) is 0 Å². The van der Waals surface area contributed by atoms with Gasteiger partial charge in [-0.25, -0.2) is 9.78 Å². The van der Waals surface area contributed by atoms with Crippen molar-refractivity contribution in [3.05, 3.63) is 94.3 Å². The van der Waals surface area contributed by atoms with Crippen LogP contribution in [0.15, 0.2) is 77.6 Å². The lowest BCUT2D eigenvalue weighted by Crippen LogP contribution is -2.29. The minimum absolute atomic E-state index is 0.102. The summed E-state index contributed by atoms with van der Waals surface area (Å²) in [5, 5.41) is 11.5. The molecular formula is C24H20N2O4. The summed E-state index contributed by atoms with van der Waals surface area (Å²) < 4.78 is 6.41. The summed E-state index contributed by atoms with van der Waals surface area (Å²) >= 11 is 0. The molecule has 0 saturated carbocycles. The highest BCUT2D eigenvalue weighted by molar-refractivity contribution is 5.92. The minimum atomic E-state index is -0.847. The first-order valence-corrected chi connectivity index (χ1v) is 9.62. The summed E-state index contributed by atoms with van der Waals surface area (Å²) in [6.07, 6.45) is 0. The number of hydrogen-bond acceptors (Lipinski definition) is 5. The molecule has 0 unspecified atom stereocenters. The Kier molecular flexibility index (Phi) is 5.30. The van der Waals surface area contributed by atoms with E-state index in [0.717, 1.165) is 16.5 Å². The van der Waals surface area contributed by atoms with E-state index >= 15 is 0 Å². The van der Waals surface area contributed by atoms with Crippen molar-refractivity contribution in [3.63, 3.8) is 0 Å². The van der Waals surface area contributed by atoms with E-state index in [1.807, 2.05) is 60.7 Å². The van der Waals surface area contributed by atoms with E-state index in [9.17, 15) is 14.7 Å². The number of esters is 1. The smallest absolute Gasteiger partial charge is 0.347 e. The number of para-hydroxylation sites is 1. The molecule has 0 bridgehead atoms. The fraction of sp³-hybridized carbons (Fsp3) is 0.125. The second-order valence-corrected chi connectivity index (χ2v) is 6.78. The molecule has 4 aromatic rings. The van der Waals surface area contributed by atoms with Gasteiger partial charge in [-0.05, 0) is 24.6 Å². The molecule has 0 aliphatic rings. The Bertz CT molecular complexity index is 1280. The van der Waals surface area contributed by atoms with Crippen molar-refractivity contribution >= 4 is 16.9 Å². The van der Waals surface area contributed by atoms with E-state index in [0.29, 0.717) is 11.4 Å². The van der Waals surface area contributed by atoms with Crippen molar-refractivity contribution in [3.8, 4) is 17.1 Å². The zero-order valence-electron chi connectivity index (χ0n) is 16.4. The number of fused-ring (bicyclic) bond motifs is 1. The topological polar surface area (TPSA) is 81.4 Å². The molecular weight excluding hydrogens is 380 g/mol. The van der Waals surface area contributed by atoms with E-state index in [1.54, 1.807) is 13.0 Å². The van der Waals surface area contributed by atoms with Crippen LogP contribution in [0.3, 0.4) is 0 Å². The Morgan fingerprint density at radius 1 is 1.03 bits per heavy atom. The minimum Gasteiger partial charge on any atom is -0.507 e. The normalized spacial score (nSPS) is 10.8. The third-order valence-corrected chi connectivity index (χ3v) is 4.80. The van der Waals surface area contributed by atoms with Crippen molar-refractivity contribution in [2.75, 3.05) is 6.61 Å². The highest BCUT2D eigenvalue weighted by Gasteiger charge is 2.23. The van der Waals surface area contributed by atoms with Crippen LogP contribution in [0.4, 0.5) is 0 Å². The Balaban J connectivity index is 1.93. The van der Waals surface area contributed by atoms with Crippen molar-refractivity contribution in [2.45, 2.75) is 13.5 Å². The Morgan fingerprint density at radius 2 is 1.77 bits per heavy atom. The van der Waals surface area contributed by atoms with Crippen LogP contribution in [-0.4, -0.2) is 27.2 Å². The molecule has 2 aromatic carbocycles. The molecule has 6 heteroatoms. The summed E-state index contributed by atoms with van der Waals surface area (Å²) in [7, 11) is 0. The molecule has 0 saturated heterocycles. The van der Waals surface area contributed by atoms with Gasteiger partial charge in [0.2, 0.25) is 0 Å². The van der Waals surface area contributed by atoms with Crippen molar-refractivity contribution in [1.29, 1.82) is 0 Å². The molecule has 4 rings (SSSR count). The lowest BCUT2D eigenvalue weighted by atomic mass is 10.1. The molecule has 0 fully saturated rings. The molecule has 0 atom stereocenters. The van der Waals surface area contributed by atoms with Gasteiger partial charge in [-0.3, -0.25) is 4.79 Å². The van der Waals surface area contributed by atoms with Gasteiger partial charge in [0.15, 0.2) is 5.56 Å². The zero-order chi connectivity index (χ0) is 21.1. The van der Waals surface area contributed by atoms with Gasteiger partial charge in [0, 0.05) is 11.5 Å². The summed E-state index contributed by atoms with van der Waals surface area (Å²) in [5.41, 5.74) is 1.58. The van der Waals surface area contributed by atoms with Crippen LogP contribution >= 0.6 is 0 Å². The lowest BCUT2D eigenvalue weighted by molar-refractivity contribution is 0.0520. The number of nitrogens with zero attached hydrogens (tertiary/aromatic N) is 2. The number of pyridine rings is 2. The lowest BCUT2D eigenvalue weighted by Gasteiger charge is -2.16. The third-order valence-electron chi connectivity index (χ3n) is 4.80. The number of carbonyl (C=O) groups excluding carboxylic acids is 1. The van der Waals surface area contributed by atoms with Crippen molar-refractivity contribution < 1.29 is 14.6 Å². The van der Waals surface area contributed by atoms with Gasteiger partial charge < -0.3 is 14.4 Å². The molecule has 150 valence electrons. The van der Waals surface area contributed by atoms with E-state index in [1.165, 1.54) is 10.6 Å². The first kappa shape index (κ1) is 19.4. The SMILES string of the molecule is CCOC(=O)c1c(O)cc(-c2ccc3ccccc3n2)n(Cc2ccccc2)c1=O. The molecule has 2 heterocycles. The predicted molar refractivity (Wildman–Crippen MR) is 115 cm³/mol. The standard InChI is InChI=1S/C24H20N2O4/c1-2-30-24(29)22-21(27)14-20(19-13-12-17-10-6-7-11-18(17)25-19)26(23(22)28)15-16-8-4-3-5-9-16/h3-14,27H,2,15H2,1H3. The highest BCUT2D eigenvalue weighted by atomic mass is 16.5.